The normalized spacial score (nSPS) is 23.1. The van der Waals surface area contributed by atoms with Crippen LogP contribution >= 0.6 is 0 Å². The van der Waals surface area contributed by atoms with Crippen molar-refractivity contribution in [3.63, 3.8) is 0 Å². The standard InChI is InChI=1S/C28H32O6/c1-30-28-25(29)27(33-19-23-15-9-4-10-16-23)26(34-28)24(32-18-22-13-7-3-8-14-22)20-31-17-21-11-5-2-6-12-21/h2-16,24-29H,17-20H2,1H3/t24?,25-,26-,27-,28-/m1/s1. The van der Waals surface area contributed by atoms with Crippen molar-refractivity contribution >= 4 is 0 Å². The largest absolute Gasteiger partial charge is 0.385 e. The second kappa shape index (κ2) is 12.8. The van der Waals surface area contributed by atoms with Gasteiger partial charge in [-0.1, -0.05) is 91.0 Å². The Morgan fingerprint density at radius 3 is 1.85 bits per heavy atom. The molecular weight excluding hydrogens is 432 g/mol. The Labute approximate surface area is 201 Å². The third-order valence-electron chi connectivity index (χ3n) is 5.82. The van der Waals surface area contributed by atoms with E-state index in [0.29, 0.717) is 19.8 Å². The fraction of sp³-hybridized carbons (Fsp3) is 0.357. The fourth-order valence-corrected chi connectivity index (χ4v) is 4.00. The lowest BCUT2D eigenvalue weighted by molar-refractivity contribution is -0.181. The molecule has 0 saturated carbocycles. The van der Waals surface area contributed by atoms with Gasteiger partial charge in [0.1, 0.15) is 24.4 Å². The van der Waals surface area contributed by atoms with Crippen LogP contribution in [0.5, 0.6) is 0 Å². The lowest BCUT2D eigenvalue weighted by Crippen LogP contribution is -2.44. The maximum atomic E-state index is 10.9. The number of methoxy groups -OCH3 is 1. The maximum Gasteiger partial charge on any atom is 0.186 e. The molecule has 5 atom stereocenters. The van der Waals surface area contributed by atoms with E-state index in [2.05, 4.69) is 0 Å². The number of hydrogen-bond donors (Lipinski definition) is 1. The van der Waals surface area contributed by atoms with Gasteiger partial charge in [0.25, 0.3) is 0 Å². The van der Waals surface area contributed by atoms with Gasteiger partial charge in [0.05, 0.1) is 26.4 Å². The summed E-state index contributed by atoms with van der Waals surface area (Å²) in [4.78, 5) is 0. The Balaban J connectivity index is 1.46. The molecule has 6 nitrogen and oxygen atoms in total. The second-order valence-electron chi connectivity index (χ2n) is 8.29. The minimum Gasteiger partial charge on any atom is -0.385 e. The summed E-state index contributed by atoms with van der Waals surface area (Å²) >= 11 is 0. The molecule has 4 rings (SSSR count). The SMILES string of the molecule is CO[C@@H]1O[C@H](C(COCc2ccccc2)OCc2ccccc2)[C@H](OCc2ccccc2)[C@H]1O. The topological polar surface area (TPSA) is 66.4 Å². The van der Waals surface area contributed by atoms with Gasteiger partial charge in [0.2, 0.25) is 0 Å². The second-order valence-corrected chi connectivity index (χ2v) is 8.29. The first-order valence-electron chi connectivity index (χ1n) is 11.5. The van der Waals surface area contributed by atoms with Crippen molar-refractivity contribution in [3.05, 3.63) is 108 Å². The van der Waals surface area contributed by atoms with Crippen LogP contribution in [0.15, 0.2) is 91.0 Å². The van der Waals surface area contributed by atoms with Gasteiger partial charge in [-0.2, -0.15) is 0 Å². The molecule has 0 amide bonds. The molecule has 1 saturated heterocycles. The van der Waals surface area contributed by atoms with Crippen LogP contribution in [0.1, 0.15) is 16.7 Å². The molecule has 0 radical (unpaired) electrons. The highest BCUT2D eigenvalue weighted by Crippen LogP contribution is 2.29. The van der Waals surface area contributed by atoms with Crippen LogP contribution in [0.4, 0.5) is 0 Å². The van der Waals surface area contributed by atoms with E-state index in [9.17, 15) is 5.11 Å². The molecule has 1 heterocycles. The first-order chi connectivity index (χ1) is 16.7. The van der Waals surface area contributed by atoms with E-state index in [1.165, 1.54) is 7.11 Å². The molecule has 6 heteroatoms. The van der Waals surface area contributed by atoms with E-state index in [0.717, 1.165) is 16.7 Å². The fourth-order valence-electron chi connectivity index (χ4n) is 4.00. The average Bonchev–Trinajstić information content (AvgIpc) is 3.21. The van der Waals surface area contributed by atoms with E-state index in [1.54, 1.807) is 0 Å². The highest BCUT2D eigenvalue weighted by atomic mass is 16.7. The van der Waals surface area contributed by atoms with Gasteiger partial charge in [-0.05, 0) is 16.7 Å². The predicted octanol–water partition coefficient (Wildman–Crippen LogP) is 4.11. The quantitative estimate of drug-likeness (QED) is 0.435. The van der Waals surface area contributed by atoms with Gasteiger partial charge in [0, 0.05) is 7.11 Å². The number of benzene rings is 3. The van der Waals surface area contributed by atoms with E-state index >= 15 is 0 Å². The minimum atomic E-state index is -0.948. The van der Waals surface area contributed by atoms with Crippen LogP contribution in [0.2, 0.25) is 0 Å². The van der Waals surface area contributed by atoms with E-state index < -0.39 is 30.7 Å². The van der Waals surface area contributed by atoms with E-state index in [1.807, 2.05) is 91.0 Å². The van der Waals surface area contributed by atoms with Gasteiger partial charge in [-0.25, -0.2) is 0 Å². The van der Waals surface area contributed by atoms with Crippen LogP contribution in [0.3, 0.4) is 0 Å². The van der Waals surface area contributed by atoms with Crippen molar-refractivity contribution in [1.82, 2.24) is 0 Å². The molecule has 1 N–H and O–H groups in total. The molecule has 34 heavy (non-hydrogen) atoms. The van der Waals surface area contributed by atoms with Gasteiger partial charge < -0.3 is 28.8 Å². The Kier molecular flexibility index (Phi) is 9.21. The molecule has 0 aliphatic carbocycles. The molecule has 0 spiro atoms. The van der Waals surface area contributed by atoms with Crippen molar-refractivity contribution in [3.8, 4) is 0 Å². The summed E-state index contributed by atoms with van der Waals surface area (Å²) in [5.41, 5.74) is 3.12. The molecule has 3 aromatic rings. The molecule has 1 fully saturated rings. The predicted molar refractivity (Wildman–Crippen MR) is 128 cm³/mol. The summed E-state index contributed by atoms with van der Waals surface area (Å²) < 4.78 is 29.9. The van der Waals surface area contributed by atoms with E-state index in [4.69, 9.17) is 23.7 Å². The number of rotatable bonds is 12. The van der Waals surface area contributed by atoms with Crippen molar-refractivity contribution in [1.29, 1.82) is 0 Å². The number of ether oxygens (including phenoxy) is 5. The summed E-state index contributed by atoms with van der Waals surface area (Å²) in [7, 11) is 1.51. The van der Waals surface area contributed by atoms with Crippen molar-refractivity contribution < 1.29 is 28.8 Å². The zero-order valence-electron chi connectivity index (χ0n) is 19.4. The lowest BCUT2D eigenvalue weighted by atomic mass is 10.1. The third-order valence-corrected chi connectivity index (χ3v) is 5.82. The summed E-state index contributed by atoms with van der Waals surface area (Å²) in [5.74, 6) is 0. The smallest absolute Gasteiger partial charge is 0.186 e. The average molecular weight is 465 g/mol. The molecule has 0 bridgehead atoms. The molecule has 1 aliphatic heterocycles. The van der Waals surface area contributed by atoms with Gasteiger partial charge in [-0.3, -0.25) is 0 Å². The first-order valence-corrected chi connectivity index (χ1v) is 11.5. The zero-order valence-corrected chi connectivity index (χ0v) is 19.4. The van der Waals surface area contributed by atoms with Crippen molar-refractivity contribution in [2.45, 2.75) is 50.5 Å². The lowest BCUT2D eigenvalue weighted by Gasteiger charge is -2.28. The Morgan fingerprint density at radius 1 is 0.765 bits per heavy atom. The Morgan fingerprint density at radius 2 is 1.29 bits per heavy atom. The van der Waals surface area contributed by atoms with Gasteiger partial charge in [0.15, 0.2) is 6.29 Å². The maximum absolute atomic E-state index is 10.9. The van der Waals surface area contributed by atoms with Crippen LogP contribution < -0.4 is 0 Å². The summed E-state index contributed by atoms with van der Waals surface area (Å²) in [5, 5.41) is 10.9. The van der Waals surface area contributed by atoms with Crippen molar-refractivity contribution in [2.75, 3.05) is 13.7 Å². The summed E-state index contributed by atoms with van der Waals surface area (Å²) in [6, 6.07) is 29.7. The highest BCUT2D eigenvalue weighted by Gasteiger charge is 2.48. The van der Waals surface area contributed by atoms with Crippen molar-refractivity contribution in [2.24, 2.45) is 0 Å². The van der Waals surface area contributed by atoms with Crippen LogP contribution in [-0.4, -0.2) is 49.5 Å². The zero-order chi connectivity index (χ0) is 23.6. The van der Waals surface area contributed by atoms with E-state index in [-0.39, 0.29) is 6.61 Å². The number of hydrogen-bond acceptors (Lipinski definition) is 6. The third kappa shape index (κ3) is 6.73. The van der Waals surface area contributed by atoms with Gasteiger partial charge in [-0.15, -0.1) is 0 Å². The van der Waals surface area contributed by atoms with Crippen LogP contribution in [0.25, 0.3) is 0 Å². The van der Waals surface area contributed by atoms with Crippen LogP contribution in [0, 0.1) is 0 Å². The molecule has 3 aromatic carbocycles. The molecule has 0 aromatic heterocycles. The van der Waals surface area contributed by atoms with Crippen LogP contribution in [-0.2, 0) is 43.5 Å². The molecule has 1 unspecified atom stereocenters. The monoisotopic (exact) mass is 464 g/mol. The Hall–Kier alpha value is -2.58. The molecular formula is C28H32O6. The number of aliphatic hydroxyl groups excluding tert-OH is 1. The first kappa shape index (κ1) is 24.5. The molecule has 1 aliphatic rings. The highest BCUT2D eigenvalue weighted by molar-refractivity contribution is 5.15. The molecule has 180 valence electrons. The minimum absolute atomic E-state index is 0.279. The summed E-state index contributed by atoms with van der Waals surface area (Å²) in [6.07, 6.45) is -3.42. The van der Waals surface area contributed by atoms with Gasteiger partial charge >= 0.3 is 0 Å². The summed E-state index contributed by atoms with van der Waals surface area (Å²) in [6.45, 7) is 1.46. The number of aliphatic hydroxyl groups is 1. The Bertz CT molecular complexity index is 952.